The van der Waals surface area contributed by atoms with Gasteiger partial charge < -0.3 is 5.32 Å². The molecular weight excluding hydrogens is 470 g/mol. The van der Waals surface area contributed by atoms with Crippen molar-refractivity contribution in [3.05, 3.63) is 130 Å². The van der Waals surface area contributed by atoms with Gasteiger partial charge in [-0.1, -0.05) is 111 Å². The van der Waals surface area contributed by atoms with E-state index in [2.05, 4.69) is 102 Å². The van der Waals surface area contributed by atoms with Crippen LogP contribution in [-0.4, -0.2) is 0 Å². The predicted octanol–water partition coefficient (Wildman–Crippen LogP) is 10.7. The average molecular weight is 514 g/mol. The van der Waals surface area contributed by atoms with Gasteiger partial charge in [0, 0.05) is 11.4 Å². The van der Waals surface area contributed by atoms with E-state index in [1.54, 1.807) is 0 Å². The molecule has 0 aromatic heterocycles. The lowest BCUT2D eigenvalue weighted by atomic mass is 9.84. The summed E-state index contributed by atoms with van der Waals surface area (Å²) in [7, 11) is 0. The molecule has 0 aliphatic heterocycles. The Balaban J connectivity index is 1.00. The Morgan fingerprint density at radius 2 is 0.692 bits per heavy atom. The topological polar surface area (TPSA) is 12.0 Å². The van der Waals surface area contributed by atoms with Crippen LogP contribution in [0.2, 0.25) is 0 Å². The third kappa shape index (κ3) is 7.01. The molecule has 2 fully saturated rings. The van der Waals surface area contributed by atoms with Gasteiger partial charge in [0.15, 0.2) is 0 Å². The quantitative estimate of drug-likeness (QED) is 0.247. The van der Waals surface area contributed by atoms with Crippen LogP contribution >= 0.6 is 0 Å². The fourth-order valence-electron chi connectivity index (χ4n) is 6.74. The summed E-state index contributed by atoms with van der Waals surface area (Å²) in [4.78, 5) is 0. The molecule has 0 heterocycles. The smallest absolute Gasteiger partial charge is 0.0384 e. The van der Waals surface area contributed by atoms with E-state index in [-0.39, 0.29) is 0 Å². The number of benzene rings is 4. The van der Waals surface area contributed by atoms with E-state index in [0.717, 1.165) is 36.1 Å². The largest absolute Gasteiger partial charge is 0.356 e. The molecule has 2 saturated carbocycles. The molecule has 0 unspecified atom stereocenters. The summed E-state index contributed by atoms with van der Waals surface area (Å²) in [5.74, 6) is 1.56. The first-order valence-electron chi connectivity index (χ1n) is 15.4. The Morgan fingerprint density at radius 1 is 0.385 bits per heavy atom. The number of hydrogen-bond acceptors (Lipinski definition) is 1. The summed E-state index contributed by atoms with van der Waals surface area (Å²) in [6, 6.07) is 36.7. The van der Waals surface area contributed by atoms with Crippen LogP contribution in [0.5, 0.6) is 0 Å². The van der Waals surface area contributed by atoms with E-state index in [9.17, 15) is 0 Å². The molecule has 6 rings (SSSR count). The molecule has 1 nitrogen and oxygen atoms in total. The lowest BCUT2D eigenvalue weighted by molar-refractivity contribution is 0.443. The van der Waals surface area contributed by atoms with E-state index in [4.69, 9.17) is 0 Å². The molecule has 39 heavy (non-hydrogen) atoms. The number of rotatable bonds is 8. The van der Waals surface area contributed by atoms with Crippen molar-refractivity contribution in [2.45, 2.75) is 88.9 Å². The third-order valence-electron chi connectivity index (χ3n) is 9.13. The van der Waals surface area contributed by atoms with Gasteiger partial charge in [-0.25, -0.2) is 0 Å². The third-order valence-corrected chi connectivity index (χ3v) is 9.13. The molecule has 4 aromatic carbocycles. The monoisotopic (exact) mass is 513 g/mol. The molecule has 0 atom stereocenters. The van der Waals surface area contributed by atoms with Crippen LogP contribution in [0.1, 0.15) is 109 Å². The first kappa shape index (κ1) is 25.9. The van der Waals surface area contributed by atoms with Gasteiger partial charge in [-0.05, 0) is 108 Å². The van der Waals surface area contributed by atoms with Crippen LogP contribution in [-0.2, 0) is 12.8 Å². The zero-order valence-electron chi connectivity index (χ0n) is 23.4. The molecule has 1 N–H and O–H groups in total. The highest BCUT2D eigenvalue weighted by molar-refractivity contribution is 5.60. The van der Waals surface area contributed by atoms with Crippen LogP contribution in [0.3, 0.4) is 0 Å². The standard InChI is InChI=1S/C38H43N/c1-3-7-33(8-4-1)35-19-11-29(12-20-35)27-31-15-23-37(24-16-31)39-38-25-17-32(18-26-38)28-30-13-21-36(22-14-30)34-9-5-2-6-10-34/h11-26,33-34,39H,1-10,27-28H2. The molecule has 0 saturated heterocycles. The van der Waals surface area contributed by atoms with Crippen molar-refractivity contribution in [1.29, 1.82) is 0 Å². The van der Waals surface area contributed by atoms with Gasteiger partial charge in [0.25, 0.3) is 0 Å². The maximum Gasteiger partial charge on any atom is 0.0384 e. The van der Waals surface area contributed by atoms with Crippen molar-refractivity contribution in [2.24, 2.45) is 0 Å². The first-order valence-corrected chi connectivity index (χ1v) is 15.4. The van der Waals surface area contributed by atoms with Crippen molar-refractivity contribution in [1.82, 2.24) is 0 Å². The normalized spacial score (nSPS) is 16.7. The number of nitrogens with one attached hydrogen (secondary N) is 1. The SMILES string of the molecule is c1cc(Nc2ccc(Cc3ccc(C4CCCCC4)cc3)cc2)ccc1Cc1ccc(C2CCCCC2)cc1. The van der Waals surface area contributed by atoms with Crippen LogP contribution in [0.4, 0.5) is 11.4 Å². The fraction of sp³-hybridized carbons (Fsp3) is 0.368. The molecule has 200 valence electrons. The zero-order chi connectivity index (χ0) is 26.3. The van der Waals surface area contributed by atoms with Crippen LogP contribution in [0.25, 0.3) is 0 Å². The second-order valence-electron chi connectivity index (χ2n) is 12.0. The Hall–Kier alpha value is -3.32. The lowest BCUT2D eigenvalue weighted by Crippen LogP contribution is -2.04. The van der Waals surface area contributed by atoms with Gasteiger partial charge in [-0.15, -0.1) is 0 Å². The van der Waals surface area contributed by atoms with Gasteiger partial charge in [0.05, 0.1) is 0 Å². The minimum atomic E-state index is 0.782. The summed E-state index contributed by atoms with van der Waals surface area (Å²) < 4.78 is 0. The molecule has 4 aromatic rings. The summed E-state index contributed by atoms with van der Waals surface area (Å²) in [5, 5.41) is 3.57. The molecule has 0 radical (unpaired) electrons. The van der Waals surface area contributed by atoms with Crippen molar-refractivity contribution in [3.63, 3.8) is 0 Å². The average Bonchev–Trinajstić information content (AvgIpc) is 3.01. The van der Waals surface area contributed by atoms with Crippen LogP contribution in [0, 0.1) is 0 Å². The van der Waals surface area contributed by atoms with E-state index in [1.165, 1.54) is 97.6 Å². The van der Waals surface area contributed by atoms with Gasteiger partial charge in [-0.3, -0.25) is 0 Å². The van der Waals surface area contributed by atoms with Crippen molar-refractivity contribution in [2.75, 3.05) is 5.32 Å². The Labute approximate surface area is 235 Å². The Bertz CT molecular complexity index is 1180. The second-order valence-corrected chi connectivity index (χ2v) is 12.0. The molecule has 0 bridgehead atoms. The minimum Gasteiger partial charge on any atom is -0.356 e. The van der Waals surface area contributed by atoms with Crippen LogP contribution in [0.15, 0.2) is 97.1 Å². The van der Waals surface area contributed by atoms with Gasteiger partial charge in [-0.2, -0.15) is 0 Å². The molecular formula is C38H43N. The first-order chi connectivity index (χ1) is 19.3. The van der Waals surface area contributed by atoms with Gasteiger partial charge in [0.2, 0.25) is 0 Å². The number of anilines is 2. The van der Waals surface area contributed by atoms with Crippen LogP contribution < -0.4 is 5.32 Å². The number of hydrogen-bond donors (Lipinski definition) is 1. The maximum absolute atomic E-state index is 3.57. The second kappa shape index (κ2) is 12.7. The molecule has 0 amide bonds. The van der Waals surface area contributed by atoms with E-state index < -0.39 is 0 Å². The summed E-state index contributed by atoms with van der Waals surface area (Å²) in [6.45, 7) is 0. The predicted molar refractivity (Wildman–Crippen MR) is 166 cm³/mol. The fourth-order valence-corrected chi connectivity index (χ4v) is 6.74. The molecule has 2 aliphatic rings. The molecule has 2 aliphatic carbocycles. The highest BCUT2D eigenvalue weighted by Gasteiger charge is 2.16. The zero-order valence-corrected chi connectivity index (χ0v) is 23.4. The Kier molecular flexibility index (Phi) is 8.44. The van der Waals surface area contributed by atoms with Gasteiger partial charge in [0.1, 0.15) is 0 Å². The van der Waals surface area contributed by atoms with E-state index >= 15 is 0 Å². The lowest BCUT2D eigenvalue weighted by Gasteiger charge is -2.22. The summed E-state index contributed by atoms with van der Waals surface area (Å²) in [6.07, 6.45) is 15.8. The Morgan fingerprint density at radius 3 is 1.03 bits per heavy atom. The minimum absolute atomic E-state index is 0.782. The highest BCUT2D eigenvalue weighted by atomic mass is 14.9. The van der Waals surface area contributed by atoms with Crippen molar-refractivity contribution < 1.29 is 0 Å². The molecule has 1 heteroatoms. The molecule has 0 spiro atoms. The highest BCUT2D eigenvalue weighted by Crippen LogP contribution is 2.34. The summed E-state index contributed by atoms with van der Waals surface area (Å²) in [5.41, 5.74) is 10.9. The van der Waals surface area contributed by atoms with E-state index in [0.29, 0.717) is 0 Å². The van der Waals surface area contributed by atoms with E-state index in [1.807, 2.05) is 0 Å². The van der Waals surface area contributed by atoms with Crippen molar-refractivity contribution >= 4 is 11.4 Å². The van der Waals surface area contributed by atoms with Gasteiger partial charge >= 0.3 is 0 Å². The summed E-state index contributed by atoms with van der Waals surface area (Å²) >= 11 is 0. The van der Waals surface area contributed by atoms with Crippen molar-refractivity contribution in [3.8, 4) is 0 Å². The maximum atomic E-state index is 3.57.